The summed E-state index contributed by atoms with van der Waals surface area (Å²) in [5.41, 5.74) is 2.20. The maximum atomic E-state index is 12.0. The number of aryl methyl sites for hydroxylation is 2. The Balaban J connectivity index is 1.42. The van der Waals surface area contributed by atoms with Crippen LogP contribution in [0, 0.1) is 5.92 Å². The van der Waals surface area contributed by atoms with Gasteiger partial charge in [0.05, 0.1) is 11.9 Å². The highest BCUT2D eigenvalue weighted by molar-refractivity contribution is 6.33. The highest BCUT2D eigenvalue weighted by Crippen LogP contribution is 2.27. The number of piperidine rings is 1. The molecule has 2 aromatic heterocycles. The average molecular weight is 428 g/mol. The molecule has 7 nitrogen and oxygen atoms in total. The Hall–Kier alpha value is -2.80. The third-order valence-electron chi connectivity index (χ3n) is 5.97. The predicted octanol–water partition coefficient (Wildman–Crippen LogP) is 3.78. The van der Waals surface area contributed by atoms with Crippen LogP contribution in [-0.4, -0.2) is 38.2 Å². The van der Waals surface area contributed by atoms with E-state index in [-0.39, 0.29) is 16.5 Å². The summed E-state index contributed by atoms with van der Waals surface area (Å²) in [6.45, 7) is 4.37. The number of rotatable bonds is 5. The van der Waals surface area contributed by atoms with Gasteiger partial charge in [-0.3, -0.25) is 9.59 Å². The Labute approximate surface area is 180 Å². The van der Waals surface area contributed by atoms with Crippen molar-refractivity contribution < 1.29 is 4.79 Å². The number of amides is 1. The highest BCUT2D eigenvalue weighted by Gasteiger charge is 2.20. The van der Waals surface area contributed by atoms with E-state index in [1.807, 2.05) is 17.0 Å². The van der Waals surface area contributed by atoms with Crippen LogP contribution in [0.4, 0.5) is 11.4 Å². The lowest BCUT2D eigenvalue weighted by Gasteiger charge is -2.31. The number of anilines is 2. The summed E-state index contributed by atoms with van der Waals surface area (Å²) in [7, 11) is 1.57. The molecular weight excluding hydrogens is 402 g/mol. The maximum absolute atomic E-state index is 12.0. The van der Waals surface area contributed by atoms with E-state index in [4.69, 9.17) is 11.6 Å². The molecule has 30 heavy (non-hydrogen) atoms. The van der Waals surface area contributed by atoms with E-state index < -0.39 is 0 Å². The van der Waals surface area contributed by atoms with E-state index in [0.29, 0.717) is 11.6 Å². The molecule has 0 saturated carbocycles. The van der Waals surface area contributed by atoms with Crippen molar-refractivity contribution in [3.8, 4) is 0 Å². The standard InChI is InChI=1S/C22H26ClN5O2/c1-15(29)27-9-5-16(6-10-27)7-11-28-12-8-17-13-18(3-4-20(17)28)25-19-14-24-26(2)22(30)21(19)23/h3-4,8,12-14,16,25H,5-7,9-11H2,1-2H3. The smallest absolute Gasteiger partial charge is 0.287 e. The van der Waals surface area contributed by atoms with Gasteiger partial charge in [-0.25, -0.2) is 4.68 Å². The van der Waals surface area contributed by atoms with Crippen LogP contribution in [0.2, 0.25) is 5.02 Å². The monoisotopic (exact) mass is 427 g/mol. The van der Waals surface area contributed by atoms with Crippen molar-refractivity contribution in [3.05, 3.63) is 52.0 Å². The van der Waals surface area contributed by atoms with Gasteiger partial charge >= 0.3 is 0 Å². The van der Waals surface area contributed by atoms with Crippen LogP contribution >= 0.6 is 11.6 Å². The van der Waals surface area contributed by atoms with Crippen LogP contribution in [0.3, 0.4) is 0 Å². The van der Waals surface area contributed by atoms with E-state index in [0.717, 1.165) is 50.0 Å². The molecule has 0 unspecified atom stereocenters. The van der Waals surface area contributed by atoms with Crippen molar-refractivity contribution in [1.82, 2.24) is 19.2 Å². The lowest BCUT2D eigenvalue weighted by molar-refractivity contribution is -0.130. The normalized spacial score (nSPS) is 15.0. The zero-order chi connectivity index (χ0) is 21.3. The van der Waals surface area contributed by atoms with E-state index in [1.165, 1.54) is 10.2 Å². The number of carbonyl (C=O) groups excluding carboxylic acids is 1. The van der Waals surface area contributed by atoms with Crippen LogP contribution in [0.1, 0.15) is 26.2 Å². The lowest BCUT2D eigenvalue weighted by Crippen LogP contribution is -2.37. The minimum absolute atomic E-state index is 0.126. The Kier molecular flexibility index (Phi) is 5.81. The first-order valence-electron chi connectivity index (χ1n) is 10.3. The summed E-state index contributed by atoms with van der Waals surface area (Å²) >= 11 is 6.15. The number of nitrogens with one attached hydrogen (secondary N) is 1. The summed E-state index contributed by atoms with van der Waals surface area (Å²) in [6.07, 6.45) is 6.95. The van der Waals surface area contributed by atoms with Gasteiger partial charge in [0.1, 0.15) is 5.02 Å². The number of hydrogen-bond donors (Lipinski definition) is 1. The van der Waals surface area contributed by atoms with E-state index in [1.54, 1.807) is 20.2 Å². The first-order valence-corrected chi connectivity index (χ1v) is 10.6. The average Bonchev–Trinajstić information content (AvgIpc) is 3.15. The van der Waals surface area contributed by atoms with Crippen LogP contribution < -0.4 is 10.9 Å². The maximum Gasteiger partial charge on any atom is 0.287 e. The predicted molar refractivity (Wildman–Crippen MR) is 119 cm³/mol. The van der Waals surface area contributed by atoms with Crippen LogP contribution in [0.5, 0.6) is 0 Å². The molecule has 0 aliphatic carbocycles. The SMILES string of the molecule is CC(=O)N1CCC(CCn2ccc3cc(Nc4cnn(C)c(=O)c4Cl)ccc32)CC1. The molecule has 1 aliphatic heterocycles. The summed E-state index contributed by atoms with van der Waals surface area (Å²) in [5, 5.41) is 8.46. The molecule has 1 aliphatic rings. The number of hydrogen-bond acceptors (Lipinski definition) is 4. The van der Waals surface area contributed by atoms with Crippen molar-refractivity contribution in [2.24, 2.45) is 13.0 Å². The second-order valence-corrected chi connectivity index (χ2v) is 8.32. The lowest BCUT2D eigenvalue weighted by atomic mass is 9.93. The number of benzene rings is 1. The Morgan fingerprint density at radius 1 is 1.27 bits per heavy atom. The van der Waals surface area contributed by atoms with Crippen molar-refractivity contribution in [3.63, 3.8) is 0 Å². The van der Waals surface area contributed by atoms with Gasteiger partial charge in [-0.15, -0.1) is 0 Å². The number of halogens is 1. The third kappa shape index (κ3) is 4.21. The molecule has 3 heterocycles. The fourth-order valence-electron chi connectivity index (χ4n) is 4.08. The van der Waals surface area contributed by atoms with Crippen molar-refractivity contribution >= 4 is 39.8 Å². The molecule has 1 aromatic carbocycles. The number of likely N-dealkylation sites (tertiary alicyclic amines) is 1. The minimum Gasteiger partial charge on any atom is -0.353 e. The summed E-state index contributed by atoms with van der Waals surface area (Å²) < 4.78 is 3.49. The first kappa shape index (κ1) is 20.5. The molecule has 8 heteroatoms. The Morgan fingerprint density at radius 3 is 2.77 bits per heavy atom. The van der Waals surface area contributed by atoms with Crippen molar-refractivity contribution in [2.45, 2.75) is 32.7 Å². The van der Waals surface area contributed by atoms with Crippen LogP contribution in [0.15, 0.2) is 41.5 Å². The molecule has 0 radical (unpaired) electrons. The molecule has 158 valence electrons. The topological polar surface area (TPSA) is 72.2 Å². The first-order chi connectivity index (χ1) is 14.4. The Morgan fingerprint density at radius 2 is 2.03 bits per heavy atom. The van der Waals surface area contributed by atoms with Crippen LogP contribution in [-0.2, 0) is 18.4 Å². The van der Waals surface area contributed by atoms with Gasteiger partial charge in [-0.2, -0.15) is 5.10 Å². The fourth-order valence-corrected chi connectivity index (χ4v) is 4.30. The molecular formula is C22H26ClN5O2. The van der Waals surface area contributed by atoms with Gasteiger partial charge in [-0.05, 0) is 49.4 Å². The summed E-state index contributed by atoms with van der Waals surface area (Å²) in [6, 6.07) is 8.21. The van der Waals surface area contributed by atoms with E-state index >= 15 is 0 Å². The number of aromatic nitrogens is 3. The fraction of sp³-hybridized carbons (Fsp3) is 0.409. The van der Waals surface area contributed by atoms with E-state index in [2.05, 4.69) is 33.3 Å². The van der Waals surface area contributed by atoms with Crippen molar-refractivity contribution in [2.75, 3.05) is 18.4 Å². The van der Waals surface area contributed by atoms with Gasteiger partial charge < -0.3 is 14.8 Å². The van der Waals surface area contributed by atoms with E-state index in [9.17, 15) is 9.59 Å². The minimum atomic E-state index is -0.331. The molecule has 4 rings (SSSR count). The number of nitrogens with zero attached hydrogens (tertiary/aromatic N) is 4. The van der Waals surface area contributed by atoms with Gasteiger partial charge in [0.25, 0.3) is 5.56 Å². The van der Waals surface area contributed by atoms with Crippen LogP contribution in [0.25, 0.3) is 10.9 Å². The molecule has 0 spiro atoms. The zero-order valence-electron chi connectivity index (χ0n) is 17.3. The summed E-state index contributed by atoms with van der Waals surface area (Å²) in [4.78, 5) is 25.4. The second kappa shape index (κ2) is 8.52. The van der Waals surface area contributed by atoms with Gasteiger partial charge in [0.2, 0.25) is 5.91 Å². The largest absolute Gasteiger partial charge is 0.353 e. The summed E-state index contributed by atoms with van der Waals surface area (Å²) in [5.74, 6) is 0.844. The van der Waals surface area contributed by atoms with Gasteiger partial charge in [0.15, 0.2) is 0 Å². The molecule has 0 atom stereocenters. The molecule has 1 N–H and O–H groups in total. The molecule has 1 saturated heterocycles. The molecule has 1 amide bonds. The molecule has 0 bridgehead atoms. The second-order valence-electron chi connectivity index (χ2n) is 7.95. The van der Waals surface area contributed by atoms with Gasteiger partial charge in [-0.1, -0.05) is 11.6 Å². The van der Waals surface area contributed by atoms with Gasteiger partial charge in [0, 0.05) is 56.4 Å². The molecule has 3 aromatic rings. The Bertz CT molecular complexity index is 1130. The third-order valence-corrected chi connectivity index (χ3v) is 6.33. The highest BCUT2D eigenvalue weighted by atomic mass is 35.5. The van der Waals surface area contributed by atoms with Crippen molar-refractivity contribution in [1.29, 1.82) is 0 Å². The number of fused-ring (bicyclic) bond motifs is 1. The number of carbonyl (C=O) groups is 1. The zero-order valence-corrected chi connectivity index (χ0v) is 18.0. The quantitative estimate of drug-likeness (QED) is 0.672. The molecule has 1 fully saturated rings.